The number of pyridine rings is 2. The van der Waals surface area contributed by atoms with Crippen LogP contribution in [0.15, 0.2) is 43.0 Å². The fourth-order valence-electron chi connectivity index (χ4n) is 1.64. The summed E-state index contributed by atoms with van der Waals surface area (Å²) in [4.78, 5) is 16.3. The van der Waals surface area contributed by atoms with Gasteiger partial charge in [-0.05, 0) is 23.8 Å². The zero-order valence-corrected chi connectivity index (χ0v) is 8.91. The van der Waals surface area contributed by atoms with Crippen LogP contribution in [0.2, 0.25) is 0 Å². The van der Waals surface area contributed by atoms with E-state index in [9.17, 15) is 0 Å². The van der Waals surface area contributed by atoms with E-state index in [-0.39, 0.29) is 5.95 Å². The van der Waals surface area contributed by atoms with E-state index in [0.29, 0.717) is 5.65 Å². The van der Waals surface area contributed by atoms with Gasteiger partial charge in [-0.1, -0.05) is 0 Å². The molecule has 0 aliphatic heterocycles. The first kappa shape index (κ1) is 9.65. The van der Waals surface area contributed by atoms with E-state index in [0.717, 1.165) is 16.5 Å². The minimum absolute atomic E-state index is 0.238. The summed E-state index contributed by atoms with van der Waals surface area (Å²) in [5.74, 6) is 0.238. The Morgan fingerprint density at radius 2 is 1.76 bits per heavy atom. The van der Waals surface area contributed by atoms with Crippen LogP contribution in [0.25, 0.3) is 22.2 Å². The Hall–Kier alpha value is -2.56. The Morgan fingerprint density at radius 3 is 2.59 bits per heavy atom. The van der Waals surface area contributed by atoms with Crippen molar-refractivity contribution in [2.24, 2.45) is 0 Å². The second-order valence-corrected chi connectivity index (χ2v) is 3.60. The molecule has 3 aromatic heterocycles. The Balaban J connectivity index is 2.17. The van der Waals surface area contributed by atoms with Crippen molar-refractivity contribution in [2.75, 3.05) is 5.73 Å². The van der Waals surface area contributed by atoms with Gasteiger partial charge in [0.2, 0.25) is 5.95 Å². The molecule has 2 N–H and O–H groups in total. The summed E-state index contributed by atoms with van der Waals surface area (Å²) in [6, 6.07) is 5.85. The fourth-order valence-corrected chi connectivity index (χ4v) is 1.64. The summed E-state index contributed by atoms with van der Waals surface area (Å²) < 4.78 is 0. The average molecular weight is 223 g/mol. The molecule has 0 saturated heterocycles. The molecule has 0 radical (unpaired) electrons. The van der Waals surface area contributed by atoms with E-state index in [1.807, 2.05) is 18.2 Å². The summed E-state index contributed by atoms with van der Waals surface area (Å²) in [5, 5.41) is 0.869. The van der Waals surface area contributed by atoms with Gasteiger partial charge >= 0.3 is 0 Å². The molecular weight excluding hydrogens is 214 g/mol. The smallest absolute Gasteiger partial charge is 0.222 e. The number of anilines is 1. The third kappa shape index (κ3) is 1.78. The molecular formula is C12H9N5. The summed E-state index contributed by atoms with van der Waals surface area (Å²) in [6.07, 6.45) is 6.94. The highest BCUT2D eigenvalue weighted by Crippen LogP contribution is 2.20. The maximum atomic E-state index is 5.50. The molecule has 3 aromatic rings. The molecule has 5 nitrogen and oxygen atoms in total. The normalized spacial score (nSPS) is 10.6. The van der Waals surface area contributed by atoms with Crippen LogP contribution in [0.5, 0.6) is 0 Å². The van der Waals surface area contributed by atoms with Gasteiger partial charge < -0.3 is 5.73 Å². The number of nitrogens with zero attached hydrogens (tertiary/aromatic N) is 4. The van der Waals surface area contributed by atoms with E-state index in [2.05, 4.69) is 19.9 Å². The molecule has 0 bridgehead atoms. The fraction of sp³-hybridized carbons (Fsp3) is 0. The number of nitrogen functional groups attached to an aromatic ring is 1. The van der Waals surface area contributed by atoms with Crippen molar-refractivity contribution in [1.29, 1.82) is 0 Å². The summed E-state index contributed by atoms with van der Waals surface area (Å²) in [7, 11) is 0. The van der Waals surface area contributed by atoms with E-state index < -0.39 is 0 Å². The molecule has 0 saturated carbocycles. The zero-order chi connectivity index (χ0) is 11.7. The molecule has 0 amide bonds. The van der Waals surface area contributed by atoms with Crippen molar-refractivity contribution in [3.05, 3.63) is 43.0 Å². The minimum Gasteiger partial charge on any atom is -0.368 e. The lowest BCUT2D eigenvalue weighted by Gasteiger charge is -2.02. The number of hydrogen-bond donors (Lipinski definition) is 1. The van der Waals surface area contributed by atoms with E-state index >= 15 is 0 Å². The number of aromatic nitrogens is 4. The van der Waals surface area contributed by atoms with Crippen molar-refractivity contribution in [2.45, 2.75) is 0 Å². The lowest BCUT2D eigenvalue weighted by Crippen LogP contribution is -1.95. The first-order valence-corrected chi connectivity index (χ1v) is 5.11. The Bertz CT molecular complexity index is 666. The van der Waals surface area contributed by atoms with Gasteiger partial charge in [-0.2, -0.15) is 4.98 Å². The van der Waals surface area contributed by atoms with Gasteiger partial charge in [-0.15, -0.1) is 0 Å². The van der Waals surface area contributed by atoms with Crippen molar-refractivity contribution in [1.82, 2.24) is 19.9 Å². The molecule has 17 heavy (non-hydrogen) atoms. The third-order valence-corrected chi connectivity index (χ3v) is 2.47. The summed E-state index contributed by atoms with van der Waals surface area (Å²) in [6.45, 7) is 0. The van der Waals surface area contributed by atoms with Crippen LogP contribution in [-0.4, -0.2) is 19.9 Å². The second kappa shape index (κ2) is 3.79. The Labute approximate surface area is 97.4 Å². The van der Waals surface area contributed by atoms with Crippen LogP contribution in [-0.2, 0) is 0 Å². The second-order valence-electron chi connectivity index (χ2n) is 3.60. The summed E-state index contributed by atoms with van der Waals surface area (Å²) >= 11 is 0. The average Bonchev–Trinajstić information content (AvgIpc) is 2.39. The number of rotatable bonds is 1. The first-order chi connectivity index (χ1) is 8.33. The van der Waals surface area contributed by atoms with Crippen molar-refractivity contribution in [3.8, 4) is 11.1 Å². The SMILES string of the molecule is Nc1ncc2cc(-c3ccncc3)cnc2n1. The molecule has 3 rings (SSSR count). The highest BCUT2D eigenvalue weighted by molar-refractivity contribution is 5.80. The zero-order valence-electron chi connectivity index (χ0n) is 8.91. The molecule has 0 aromatic carbocycles. The highest BCUT2D eigenvalue weighted by Gasteiger charge is 2.02. The minimum atomic E-state index is 0.238. The molecule has 0 aliphatic carbocycles. The van der Waals surface area contributed by atoms with Crippen molar-refractivity contribution in [3.63, 3.8) is 0 Å². The molecule has 0 spiro atoms. The number of fused-ring (bicyclic) bond motifs is 1. The predicted molar refractivity (Wildman–Crippen MR) is 65.0 cm³/mol. The lowest BCUT2D eigenvalue weighted by atomic mass is 10.1. The molecule has 0 fully saturated rings. The van der Waals surface area contributed by atoms with Crippen molar-refractivity contribution < 1.29 is 0 Å². The quantitative estimate of drug-likeness (QED) is 0.679. The van der Waals surface area contributed by atoms with Crippen LogP contribution in [0.1, 0.15) is 0 Å². The third-order valence-electron chi connectivity index (χ3n) is 2.47. The van der Waals surface area contributed by atoms with Crippen LogP contribution < -0.4 is 5.73 Å². The van der Waals surface area contributed by atoms with Crippen LogP contribution in [0.4, 0.5) is 5.95 Å². The van der Waals surface area contributed by atoms with Gasteiger partial charge in [-0.3, -0.25) is 4.98 Å². The topological polar surface area (TPSA) is 77.6 Å². The lowest BCUT2D eigenvalue weighted by molar-refractivity contribution is 1.20. The molecule has 5 heteroatoms. The monoisotopic (exact) mass is 223 g/mol. The first-order valence-electron chi connectivity index (χ1n) is 5.11. The van der Waals surface area contributed by atoms with Gasteiger partial charge in [0.1, 0.15) is 0 Å². The van der Waals surface area contributed by atoms with Gasteiger partial charge in [0.25, 0.3) is 0 Å². The molecule has 3 heterocycles. The standard InChI is InChI=1S/C12H9N5/c13-12-16-7-10-5-9(6-15-11(10)17-12)8-1-3-14-4-2-8/h1-7H,(H2,13,15,16,17). The van der Waals surface area contributed by atoms with Crippen molar-refractivity contribution >= 4 is 17.0 Å². The van der Waals surface area contributed by atoms with Gasteiger partial charge in [-0.25, -0.2) is 9.97 Å². The Morgan fingerprint density at radius 1 is 0.941 bits per heavy atom. The maximum Gasteiger partial charge on any atom is 0.222 e. The van der Waals surface area contributed by atoms with Crippen LogP contribution in [0.3, 0.4) is 0 Å². The van der Waals surface area contributed by atoms with Gasteiger partial charge in [0.15, 0.2) is 5.65 Å². The predicted octanol–water partition coefficient (Wildman–Crippen LogP) is 1.67. The summed E-state index contributed by atoms with van der Waals surface area (Å²) in [5.41, 5.74) is 8.18. The van der Waals surface area contributed by atoms with Crippen LogP contribution >= 0.6 is 0 Å². The maximum absolute atomic E-state index is 5.50. The largest absolute Gasteiger partial charge is 0.368 e. The molecule has 0 unspecified atom stereocenters. The van der Waals surface area contributed by atoms with E-state index in [1.54, 1.807) is 24.8 Å². The van der Waals surface area contributed by atoms with Crippen LogP contribution in [0, 0.1) is 0 Å². The highest BCUT2D eigenvalue weighted by atomic mass is 15.0. The van der Waals surface area contributed by atoms with Gasteiger partial charge in [0.05, 0.1) is 0 Å². The number of nitrogens with two attached hydrogens (primary N) is 1. The van der Waals surface area contributed by atoms with E-state index in [4.69, 9.17) is 5.73 Å². The molecule has 82 valence electrons. The molecule has 0 aliphatic rings. The molecule has 0 atom stereocenters. The number of hydrogen-bond acceptors (Lipinski definition) is 5. The van der Waals surface area contributed by atoms with Gasteiger partial charge in [0, 0.05) is 35.7 Å². The Kier molecular flexibility index (Phi) is 2.15. The van der Waals surface area contributed by atoms with E-state index in [1.165, 1.54) is 0 Å².